The van der Waals surface area contributed by atoms with Crippen LogP contribution in [0.3, 0.4) is 0 Å². The molecular formula is C15H33NO. The first kappa shape index (κ1) is 16.9. The van der Waals surface area contributed by atoms with Gasteiger partial charge in [0.05, 0.1) is 0 Å². The molecule has 0 aromatic rings. The Bertz CT molecular complexity index is 148. The maximum Gasteiger partial charge on any atom is 0.0260 e. The fraction of sp³-hybridized carbons (Fsp3) is 1.00. The zero-order valence-corrected chi connectivity index (χ0v) is 12.2. The van der Waals surface area contributed by atoms with Crippen LogP contribution in [0.5, 0.6) is 0 Å². The van der Waals surface area contributed by atoms with E-state index in [0.717, 1.165) is 6.54 Å². The van der Waals surface area contributed by atoms with E-state index < -0.39 is 0 Å². The zero-order chi connectivity index (χ0) is 12.9. The molecule has 0 amide bonds. The van der Waals surface area contributed by atoms with Gasteiger partial charge in [-0.25, -0.2) is 0 Å². The molecule has 2 nitrogen and oxygen atoms in total. The Morgan fingerprint density at radius 3 is 1.82 bits per heavy atom. The van der Waals surface area contributed by atoms with E-state index in [1.165, 1.54) is 69.3 Å². The van der Waals surface area contributed by atoms with Crippen LogP contribution in [-0.2, 0) is 0 Å². The van der Waals surface area contributed by atoms with Crippen LogP contribution >= 0.6 is 0 Å². The SMILES string of the molecule is CCCCCCCCCCCC(C)CN(C)O. The summed E-state index contributed by atoms with van der Waals surface area (Å²) in [6.45, 7) is 5.29. The van der Waals surface area contributed by atoms with Gasteiger partial charge in [0.25, 0.3) is 0 Å². The van der Waals surface area contributed by atoms with E-state index in [0.29, 0.717) is 5.92 Å². The fourth-order valence-corrected chi connectivity index (χ4v) is 2.35. The highest BCUT2D eigenvalue weighted by atomic mass is 16.5. The van der Waals surface area contributed by atoms with E-state index in [2.05, 4.69) is 13.8 Å². The molecule has 0 aromatic heterocycles. The lowest BCUT2D eigenvalue weighted by atomic mass is 10.0. The lowest BCUT2D eigenvalue weighted by Crippen LogP contribution is -2.20. The van der Waals surface area contributed by atoms with Crippen molar-refractivity contribution in [2.75, 3.05) is 13.6 Å². The van der Waals surface area contributed by atoms with Gasteiger partial charge in [0.2, 0.25) is 0 Å². The average molecular weight is 243 g/mol. The van der Waals surface area contributed by atoms with Gasteiger partial charge < -0.3 is 5.21 Å². The number of hydrogen-bond acceptors (Lipinski definition) is 2. The van der Waals surface area contributed by atoms with Crippen molar-refractivity contribution in [1.82, 2.24) is 5.06 Å². The van der Waals surface area contributed by atoms with Crippen LogP contribution < -0.4 is 0 Å². The number of hydroxylamine groups is 2. The first-order valence-corrected chi connectivity index (χ1v) is 7.56. The molecule has 0 fully saturated rings. The van der Waals surface area contributed by atoms with E-state index in [-0.39, 0.29) is 0 Å². The number of unbranched alkanes of at least 4 members (excludes halogenated alkanes) is 8. The Hall–Kier alpha value is -0.0800. The molecule has 0 aromatic carbocycles. The molecule has 0 heterocycles. The zero-order valence-electron chi connectivity index (χ0n) is 12.2. The van der Waals surface area contributed by atoms with Crippen LogP contribution in [0.25, 0.3) is 0 Å². The standard InChI is InChI=1S/C15H33NO/c1-4-5-6-7-8-9-10-11-12-13-15(2)14-16(3)17/h15,17H,4-14H2,1-3H3. The maximum absolute atomic E-state index is 9.10. The van der Waals surface area contributed by atoms with Crippen molar-refractivity contribution in [3.05, 3.63) is 0 Å². The van der Waals surface area contributed by atoms with Crippen molar-refractivity contribution in [2.45, 2.75) is 78.1 Å². The molecule has 0 aliphatic heterocycles. The monoisotopic (exact) mass is 243 g/mol. The second kappa shape index (κ2) is 12.4. The Kier molecular flexibility index (Phi) is 12.3. The van der Waals surface area contributed by atoms with Gasteiger partial charge in [-0.2, -0.15) is 5.06 Å². The molecule has 1 N–H and O–H groups in total. The molecule has 1 unspecified atom stereocenters. The van der Waals surface area contributed by atoms with E-state index in [9.17, 15) is 0 Å². The molecule has 0 spiro atoms. The lowest BCUT2D eigenvalue weighted by Gasteiger charge is -2.14. The molecule has 2 heteroatoms. The van der Waals surface area contributed by atoms with Gasteiger partial charge >= 0.3 is 0 Å². The van der Waals surface area contributed by atoms with Gasteiger partial charge in [0.1, 0.15) is 0 Å². The van der Waals surface area contributed by atoms with Crippen LogP contribution in [0.4, 0.5) is 0 Å². The summed E-state index contributed by atoms with van der Waals surface area (Å²) in [7, 11) is 1.73. The summed E-state index contributed by atoms with van der Waals surface area (Å²) in [6, 6.07) is 0. The van der Waals surface area contributed by atoms with Gasteiger partial charge in [-0.15, -0.1) is 0 Å². The van der Waals surface area contributed by atoms with Crippen molar-refractivity contribution in [1.29, 1.82) is 0 Å². The van der Waals surface area contributed by atoms with Crippen LogP contribution in [-0.4, -0.2) is 23.9 Å². The van der Waals surface area contributed by atoms with E-state index in [1.54, 1.807) is 7.05 Å². The Labute approximate surface area is 108 Å². The Morgan fingerprint density at radius 1 is 0.882 bits per heavy atom. The minimum absolute atomic E-state index is 0.620. The Balaban J connectivity index is 3.07. The van der Waals surface area contributed by atoms with E-state index in [1.807, 2.05) is 0 Å². The quantitative estimate of drug-likeness (QED) is 0.391. The summed E-state index contributed by atoms with van der Waals surface area (Å²) in [5, 5.41) is 10.4. The van der Waals surface area contributed by atoms with Gasteiger partial charge in [-0.05, 0) is 12.3 Å². The fourth-order valence-electron chi connectivity index (χ4n) is 2.35. The second-order valence-electron chi connectivity index (χ2n) is 5.56. The van der Waals surface area contributed by atoms with Crippen LogP contribution in [0.2, 0.25) is 0 Å². The predicted octanol–water partition coefficient (Wildman–Crippen LogP) is 4.86. The number of nitrogens with zero attached hydrogens (tertiary/aromatic N) is 1. The number of hydrogen-bond donors (Lipinski definition) is 1. The minimum Gasteiger partial charge on any atom is -0.314 e. The van der Waals surface area contributed by atoms with Gasteiger partial charge in [0.15, 0.2) is 0 Å². The molecular weight excluding hydrogens is 210 g/mol. The van der Waals surface area contributed by atoms with E-state index in [4.69, 9.17) is 5.21 Å². The molecule has 0 bridgehead atoms. The summed E-state index contributed by atoms with van der Waals surface area (Å²) in [6.07, 6.45) is 13.8. The van der Waals surface area contributed by atoms with Crippen molar-refractivity contribution in [3.8, 4) is 0 Å². The topological polar surface area (TPSA) is 23.5 Å². The van der Waals surface area contributed by atoms with Crippen molar-refractivity contribution in [3.63, 3.8) is 0 Å². The summed E-state index contributed by atoms with van der Waals surface area (Å²) >= 11 is 0. The van der Waals surface area contributed by atoms with Crippen LogP contribution in [0, 0.1) is 5.92 Å². The minimum atomic E-state index is 0.620. The van der Waals surface area contributed by atoms with Crippen LogP contribution in [0.1, 0.15) is 78.1 Å². The molecule has 104 valence electrons. The molecule has 0 aliphatic rings. The molecule has 0 saturated carbocycles. The van der Waals surface area contributed by atoms with Crippen LogP contribution in [0.15, 0.2) is 0 Å². The predicted molar refractivity (Wildman–Crippen MR) is 75.4 cm³/mol. The highest BCUT2D eigenvalue weighted by Crippen LogP contribution is 2.13. The smallest absolute Gasteiger partial charge is 0.0260 e. The van der Waals surface area contributed by atoms with Crippen molar-refractivity contribution < 1.29 is 5.21 Å². The largest absolute Gasteiger partial charge is 0.314 e. The molecule has 0 radical (unpaired) electrons. The van der Waals surface area contributed by atoms with E-state index >= 15 is 0 Å². The molecule has 17 heavy (non-hydrogen) atoms. The third-order valence-electron chi connectivity index (χ3n) is 3.38. The second-order valence-corrected chi connectivity index (χ2v) is 5.56. The molecule has 0 saturated heterocycles. The van der Waals surface area contributed by atoms with Gasteiger partial charge in [-0.1, -0.05) is 71.6 Å². The van der Waals surface area contributed by atoms with Crippen molar-refractivity contribution in [2.24, 2.45) is 5.92 Å². The third kappa shape index (κ3) is 13.9. The first-order chi connectivity index (χ1) is 8.16. The van der Waals surface area contributed by atoms with Gasteiger partial charge in [0, 0.05) is 13.6 Å². The lowest BCUT2D eigenvalue weighted by molar-refractivity contribution is -0.0752. The molecule has 1 atom stereocenters. The summed E-state index contributed by atoms with van der Waals surface area (Å²) in [4.78, 5) is 0. The van der Waals surface area contributed by atoms with Crippen molar-refractivity contribution >= 4 is 0 Å². The third-order valence-corrected chi connectivity index (χ3v) is 3.38. The summed E-state index contributed by atoms with van der Waals surface area (Å²) in [5.74, 6) is 0.620. The highest BCUT2D eigenvalue weighted by Gasteiger charge is 2.03. The summed E-state index contributed by atoms with van der Waals surface area (Å²) in [5.41, 5.74) is 0. The normalized spacial score (nSPS) is 13.2. The first-order valence-electron chi connectivity index (χ1n) is 7.56. The Morgan fingerprint density at radius 2 is 1.35 bits per heavy atom. The summed E-state index contributed by atoms with van der Waals surface area (Å²) < 4.78 is 0. The van der Waals surface area contributed by atoms with Gasteiger partial charge in [-0.3, -0.25) is 0 Å². The maximum atomic E-state index is 9.10. The highest BCUT2D eigenvalue weighted by molar-refractivity contribution is 4.55. The molecule has 0 aliphatic carbocycles. The molecule has 0 rings (SSSR count). The average Bonchev–Trinajstić information content (AvgIpc) is 2.26. The number of rotatable bonds is 12.